The molecule has 0 aromatic carbocycles. The minimum absolute atomic E-state index is 0.0170. The molecule has 0 saturated heterocycles. The zero-order valence-electron chi connectivity index (χ0n) is 32.4. The number of nitrogens with zero attached hydrogens (tertiary/aromatic N) is 1. The third-order valence-corrected chi connectivity index (χ3v) is 4.76. The summed E-state index contributed by atoms with van der Waals surface area (Å²) in [5.41, 5.74) is 9.00. The van der Waals surface area contributed by atoms with Crippen molar-refractivity contribution in [2.75, 3.05) is 73.4 Å². The fourth-order valence-corrected chi connectivity index (χ4v) is 2.90. The number of allylic oxidation sites excluding steroid dienone is 2. The van der Waals surface area contributed by atoms with Crippen molar-refractivity contribution in [1.29, 1.82) is 0 Å². The zero-order chi connectivity index (χ0) is 37.2. The van der Waals surface area contributed by atoms with Crippen molar-refractivity contribution in [2.45, 2.75) is 120 Å². The van der Waals surface area contributed by atoms with E-state index in [0.717, 1.165) is 0 Å². The Kier molecular flexibility index (Phi) is 60.9. The molecule has 3 amide bonds. The van der Waals surface area contributed by atoms with Gasteiger partial charge in [0.15, 0.2) is 0 Å². The molecule has 46 heavy (non-hydrogen) atoms. The summed E-state index contributed by atoms with van der Waals surface area (Å²) in [4.78, 5) is 37.2. The number of rotatable bonds is 21. The summed E-state index contributed by atoms with van der Waals surface area (Å²) >= 11 is 0. The average molecular weight is 667 g/mol. The lowest BCUT2D eigenvalue weighted by atomic mass is 10.3. The zero-order valence-corrected chi connectivity index (χ0v) is 32.4. The number of nitrogens with one attached hydrogen (secondary N) is 3. The number of carbonyl (C=O) groups is 3. The van der Waals surface area contributed by atoms with Gasteiger partial charge in [0.25, 0.3) is 0 Å². The lowest BCUT2D eigenvalue weighted by molar-refractivity contribution is -0.123. The fraction of sp³-hybridized carbons (Fsp3) is 0.853. The van der Waals surface area contributed by atoms with Crippen molar-refractivity contribution in [2.24, 2.45) is 11.5 Å². The number of carbonyl (C=O) groups excluding carboxylic acids is 3. The van der Waals surface area contributed by atoms with E-state index < -0.39 is 0 Å². The smallest absolute Gasteiger partial charge is 0.222 e. The van der Waals surface area contributed by atoms with E-state index in [1.807, 2.05) is 95.2 Å². The molecule has 0 aliphatic carbocycles. The van der Waals surface area contributed by atoms with Crippen LogP contribution >= 0.6 is 0 Å². The van der Waals surface area contributed by atoms with Gasteiger partial charge in [-0.05, 0) is 69.5 Å². The number of ether oxygens (including phenoxy) is 3. The van der Waals surface area contributed by atoms with Crippen LogP contribution < -0.4 is 27.4 Å². The fourth-order valence-electron chi connectivity index (χ4n) is 2.90. The highest BCUT2D eigenvalue weighted by Gasteiger charge is 2.09. The van der Waals surface area contributed by atoms with E-state index in [0.29, 0.717) is 78.5 Å². The summed E-state index contributed by atoms with van der Waals surface area (Å²) in [7, 11) is 3.00. The van der Waals surface area contributed by atoms with Crippen molar-refractivity contribution in [3.63, 3.8) is 0 Å². The molecule has 280 valence electrons. The molecule has 0 unspecified atom stereocenters. The van der Waals surface area contributed by atoms with E-state index in [-0.39, 0.29) is 35.8 Å². The number of amides is 3. The number of hydrogen-bond acceptors (Lipinski definition) is 9. The van der Waals surface area contributed by atoms with Crippen LogP contribution in [0.3, 0.4) is 0 Å². The van der Waals surface area contributed by atoms with Crippen LogP contribution in [0.25, 0.3) is 0 Å². The molecule has 12 nitrogen and oxygen atoms in total. The van der Waals surface area contributed by atoms with Gasteiger partial charge in [0.1, 0.15) is 0 Å². The maximum absolute atomic E-state index is 11.7. The highest BCUT2D eigenvalue weighted by molar-refractivity contribution is 5.76. The Bertz CT molecular complexity index is 555. The van der Waals surface area contributed by atoms with E-state index in [1.165, 1.54) is 14.1 Å². The van der Waals surface area contributed by atoms with Gasteiger partial charge in [0.2, 0.25) is 17.7 Å². The van der Waals surface area contributed by atoms with Gasteiger partial charge in [0, 0.05) is 57.0 Å². The van der Waals surface area contributed by atoms with Gasteiger partial charge in [-0.2, -0.15) is 0 Å². The molecule has 0 spiro atoms. The molecular formula is C34H78N6O6. The maximum atomic E-state index is 11.7. The molecule has 0 atom stereocenters. The van der Waals surface area contributed by atoms with Gasteiger partial charge in [-0.1, -0.05) is 39.8 Å². The third kappa shape index (κ3) is 57.6. The van der Waals surface area contributed by atoms with E-state index in [9.17, 15) is 14.4 Å². The molecule has 12 heteroatoms. The molecule has 0 rings (SSSR count). The highest BCUT2D eigenvalue weighted by Crippen LogP contribution is 1.95. The van der Waals surface area contributed by atoms with Crippen molar-refractivity contribution < 1.29 is 28.6 Å². The average Bonchev–Trinajstić information content (AvgIpc) is 3.03. The van der Waals surface area contributed by atoms with Crippen LogP contribution in [0.2, 0.25) is 0 Å². The summed E-state index contributed by atoms with van der Waals surface area (Å²) in [5.74, 6) is -0.0509. The lowest BCUT2D eigenvalue weighted by Gasteiger charge is -2.22. The van der Waals surface area contributed by atoms with Gasteiger partial charge < -0.3 is 41.6 Å². The molecule has 0 saturated carbocycles. The Morgan fingerprint density at radius 1 is 0.522 bits per heavy atom. The summed E-state index contributed by atoms with van der Waals surface area (Å²) < 4.78 is 16.9. The molecule has 0 heterocycles. The van der Waals surface area contributed by atoms with Crippen LogP contribution in [0.4, 0.5) is 0 Å². The van der Waals surface area contributed by atoms with E-state index in [1.54, 1.807) is 0 Å². The number of nitrogens with two attached hydrogens (primary N) is 2. The van der Waals surface area contributed by atoms with Crippen LogP contribution in [-0.2, 0) is 28.6 Å². The molecule has 0 aliphatic rings. The molecule has 0 bridgehead atoms. The first-order valence-corrected chi connectivity index (χ1v) is 17.1. The van der Waals surface area contributed by atoms with Crippen LogP contribution in [0, 0.1) is 0 Å². The topological polar surface area (TPSA) is 170 Å². The van der Waals surface area contributed by atoms with Crippen molar-refractivity contribution in [1.82, 2.24) is 20.9 Å². The van der Waals surface area contributed by atoms with E-state index >= 15 is 0 Å². The highest BCUT2D eigenvalue weighted by atomic mass is 16.5. The van der Waals surface area contributed by atoms with Crippen molar-refractivity contribution >= 4 is 17.7 Å². The quantitative estimate of drug-likeness (QED) is 0.0902. The van der Waals surface area contributed by atoms with Gasteiger partial charge >= 0.3 is 0 Å². The summed E-state index contributed by atoms with van der Waals surface area (Å²) in [6.45, 7) is 28.1. The van der Waals surface area contributed by atoms with Crippen LogP contribution in [0.15, 0.2) is 12.2 Å². The SMILES string of the molecule is C/C=C\C.CC.CC.CC(C)NC(=O)CCOCCN(CCOCCC(=O)NC(C)C)CCOCCC(=O)NC(C)C.CN.CN. The maximum Gasteiger partial charge on any atom is 0.222 e. The predicted octanol–water partition coefficient (Wildman–Crippen LogP) is 3.87. The van der Waals surface area contributed by atoms with E-state index in [2.05, 4.69) is 32.3 Å². The molecule has 0 fully saturated rings. The van der Waals surface area contributed by atoms with Gasteiger partial charge in [0.05, 0.1) is 39.6 Å². The summed E-state index contributed by atoms with van der Waals surface area (Å²) in [6.07, 6.45) is 5.00. The van der Waals surface area contributed by atoms with Crippen molar-refractivity contribution in [3.8, 4) is 0 Å². The summed E-state index contributed by atoms with van der Waals surface area (Å²) in [5, 5.41) is 8.52. The second-order valence-electron chi connectivity index (χ2n) is 9.76. The van der Waals surface area contributed by atoms with Crippen molar-refractivity contribution in [3.05, 3.63) is 12.2 Å². The first kappa shape index (κ1) is 56.3. The third-order valence-electron chi connectivity index (χ3n) is 4.76. The normalized spacial score (nSPS) is 9.83. The van der Waals surface area contributed by atoms with Gasteiger partial charge in [-0.25, -0.2) is 0 Å². The molecule has 0 aromatic rings. The van der Waals surface area contributed by atoms with Crippen LogP contribution in [-0.4, -0.2) is 114 Å². The molecule has 0 aliphatic heterocycles. The molecule has 7 N–H and O–H groups in total. The monoisotopic (exact) mass is 667 g/mol. The number of hydrogen-bond donors (Lipinski definition) is 5. The Morgan fingerprint density at radius 2 is 0.739 bits per heavy atom. The first-order chi connectivity index (χ1) is 22.0. The van der Waals surface area contributed by atoms with Crippen LogP contribution in [0.5, 0.6) is 0 Å². The standard InChI is InChI=1S/C24H48N4O6.C4H8.2C2H6.2CH5N/c1-19(2)25-22(29)7-13-32-16-10-28(11-17-33-14-8-23(30)26-20(3)4)12-18-34-15-9-24(31)27-21(5)6;1-3-4-2;4*1-2/h19-21H,7-18H2,1-6H3,(H,25,29)(H,26,30)(H,27,31);3-4H,1-2H3;2*1-2H3;2*2H2,1H3/b;4-3-;;;;. The Morgan fingerprint density at radius 3 is 0.913 bits per heavy atom. The first-order valence-electron chi connectivity index (χ1n) is 17.1. The molecular weight excluding hydrogens is 588 g/mol. The van der Waals surface area contributed by atoms with Crippen LogP contribution in [0.1, 0.15) is 102 Å². The lowest BCUT2D eigenvalue weighted by Crippen LogP contribution is -2.35. The van der Waals surface area contributed by atoms with Gasteiger partial charge in [-0.3, -0.25) is 19.3 Å². The minimum atomic E-state index is -0.0170. The predicted molar refractivity (Wildman–Crippen MR) is 196 cm³/mol. The second-order valence-corrected chi connectivity index (χ2v) is 9.76. The minimum Gasteiger partial charge on any atom is -0.380 e. The largest absolute Gasteiger partial charge is 0.380 e. The van der Waals surface area contributed by atoms with E-state index in [4.69, 9.17) is 14.2 Å². The Labute approximate surface area is 284 Å². The molecule has 0 aromatic heterocycles. The Balaban J connectivity index is -0.000000291. The second kappa shape index (κ2) is 49.8. The molecule has 0 radical (unpaired) electrons. The van der Waals surface area contributed by atoms with Gasteiger partial charge in [-0.15, -0.1) is 0 Å². The summed E-state index contributed by atoms with van der Waals surface area (Å²) in [6, 6.07) is 0.364. The Hall–Kier alpha value is -2.09.